The second kappa shape index (κ2) is 5.31. The van der Waals surface area contributed by atoms with Crippen molar-refractivity contribution in [3.05, 3.63) is 29.3 Å². The monoisotopic (exact) mass is 270 g/mol. The fourth-order valence-electron chi connectivity index (χ4n) is 1.35. The van der Waals surface area contributed by atoms with E-state index >= 15 is 0 Å². The Balaban J connectivity index is 2.96. The number of rotatable bonds is 4. The van der Waals surface area contributed by atoms with Crippen molar-refractivity contribution in [2.45, 2.75) is 25.6 Å². The summed E-state index contributed by atoms with van der Waals surface area (Å²) in [6, 6.07) is 5.52. The lowest BCUT2D eigenvalue weighted by atomic mass is 10.1. The molecule has 1 unspecified atom stereocenters. The Hall–Kier alpha value is -0.830. The predicted molar refractivity (Wildman–Crippen MR) is 65.1 cm³/mol. The van der Waals surface area contributed by atoms with Crippen molar-refractivity contribution >= 4 is 21.7 Å². The summed E-state index contributed by atoms with van der Waals surface area (Å²) >= 11 is 3.27. The number of benzene rings is 1. The van der Waals surface area contributed by atoms with Crippen LogP contribution in [0.4, 0.5) is 0 Å². The zero-order chi connectivity index (χ0) is 11.4. The van der Waals surface area contributed by atoms with Crippen LogP contribution in [0.3, 0.4) is 0 Å². The van der Waals surface area contributed by atoms with Gasteiger partial charge in [-0.1, -0.05) is 15.9 Å². The van der Waals surface area contributed by atoms with Gasteiger partial charge in [0.05, 0.1) is 11.4 Å². The molecule has 0 N–H and O–H groups in total. The maximum atomic E-state index is 11.7. The molecule has 0 radical (unpaired) electrons. The van der Waals surface area contributed by atoms with Gasteiger partial charge in [-0.15, -0.1) is 0 Å². The second-order valence-electron chi connectivity index (χ2n) is 3.39. The largest absolute Gasteiger partial charge is 0.494 e. The van der Waals surface area contributed by atoms with E-state index < -0.39 is 0 Å². The summed E-state index contributed by atoms with van der Waals surface area (Å²) in [4.78, 5) is 11.5. The van der Waals surface area contributed by atoms with Crippen LogP contribution in [-0.2, 0) is 0 Å². The van der Waals surface area contributed by atoms with Crippen LogP contribution in [-0.4, -0.2) is 17.2 Å². The molecule has 0 heterocycles. The average Bonchev–Trinajstić information content (AvgIpc) is 2.20. The van der Waals surface area contributed by atoms with E-state index in [-0.39, 0.29) is 10.6 Å². The lowest BCUT2D eigenvalue weighted by molar-refractivity contribution is 0.0995. The molecule has 15 heavy (non-hydrogen) atoms. The van der Waals surface area contributed by atoms with E-state index in [1.54, 1.807) is 6.07 Å². The van der Waals surface area contributed by atoms with Crippen molar-refractivity contribution in [2.24, 2.45) is 0 Å². The molecule has 82 valence electrons. The normalized spacial score (nSPS) is 12.3. The summed E-state index contributed by atoms with van der Waals surface area (Å²) < 4.78 is 5.41. The molecular weight excluding hydrogens is 256 g/mol. The van der Waals surface area contributed by atoms with E-state index in [0.29, 0.717) is 6.61 Å². The minimum atomic E-state index is -0.144. The fraction of sp³-hybridized carbons (Fsp3) is 0.417. The molecule has 0 aliphatic rings. The van der Waals surface area contributed by atoms with Gasteiger partial charge in [-0.3, -0.25) is 4.79 Å². The Bertz CT molecular complexity index is 359. The first-order valence-electron chi connectivity index (χ1n) is 4.98. The van der Waals surface area contributed by atoms with Crippen LogP contribution < -0.4 is 4.74 Å². The molecule has 0 bridgehead atoms. The number of carbonyl (C=O) groups is 1. The van der Waals surface area contributed by atoms with Gasteiger partial charge >= 0.3 is 0 Å². The van der Waals surface area contributed by atoms with Crippen molar-refractivity contribution in [3.8, 4) is 5.75 Å². The Morgan fingerprint density at radius 2 is 2.20 bits per heavy atom. The number of ketones is 1. The third-order valence-electron chi connectivity index (χ3n) is 2.12. The first-order chi connectivity index (χ1) is 7.06. The van der Waals surface area contributed by atoms with E-state index in [2.05, 4.69) is 15.9 Å². The molecule has 1 aromatic carbocycles. The number of hydrogen-bond donors (Lipinski definition) is 0. The highest BCUT2D eigenvalue weighted by Crippen LogP contribution is 2.20. The molecule has 0 amide bonds. The van der Waals surface area contributed by atoms with Crippen LogP contribution in [0.5, 0.6) is 5.75 Å². The molecule has 0 aromatic heterocycles. The predicted octanol–water partition coefficient (Wildman–Crippen LogP) is 3.36. The van der Waals surface area contributed by atoms with Gasteiger partial charge in [-0.25, -0.2) is 0 Å². The first kappa shape index (κ1) is 12.2. The zero-order valence-corrected chi connectivity index (χ0v) is 10.8. The standard InChI is InChI=1S/C12H15BrO2/c1-4-15-11-6-5-10(7-8(11)2)12(14)9(3)13/h5-7,9H,4H2,1-3H3. The van der Waals surface area contributed by atoms with Crippen LogP contribution in [0.1, 0.15) is 29.8 Å². The van der Waals surface area contributed by atoms with Gasteiger partial charge in [0, 0.05) is 5.56 Å². The molecule has 3 heteroatoms. The molecule has 0 fully saturated rings. The average molecular weight is 271 g/mol. The van der Waals surface area contributed by atoms with Gasteiger partial charge in [0.15, 0.2) is 5.78 Å². The van der Waals surface area contributed by atoms with Gasteiger partial charge in [-0.05, 0) is 44.5 Å². The van der Waals surface area contributed by atoms with E-state index in [9.17, 15) is 4.79 Å². The molecule has 1 rings (SSSR count). The molecule has 0 aliphatic carbocycles. The molecule has 0 saturated carbocycles. The van der Waals surface area contributed by atoms with Crippen LogP contribution in [0.15, 0.2) is 18.2 Å². The topological polar surface area (TPSA) is 26.3 Å². The summed E-state index contributed by atoms with van der Waals surface area (Å²) in [7, 11) is 0. The van der Waals surface area contributed by atoms with Crippen molar-refractivity contribution < 1.29 is 9.53 Å². The molecule has 0 spiro atoms. The number of carbonyl (C=O) groups excluding carboxylic acids is 1. The van der Waals surface area contributed by atoms with Crippen LogP contribution >= 0.6 is 15.9 Å². The van der Waals surface area contributed by atoms with Crippen molar-refractivity contribution in [1.82, 2.24) is 0 Å². The lowest BCUT2D eigenvalue weighted by Crippen LogP contribution is -2.10. The zero-order valence-electron chi connectivity index (χ0n) is 9.21. The highest BCUT2D eigenvalue weighted by molar-refractivity contribution is 9.10. The molecular formula is C12H15BrO2. The van der Waals surface area contributed by atoms with Crippen LogP contribution in [0.2, 0.25) is 0 Å². The van der Waals surface area contributed by atoms with Gasteiger partial charge < -0.3 is 4.74 Å². The molecule has 1 aromatic rings. The third-order valence-corrected chi connectivity index (χ3v) is 2.54. The molecule has 0 saturated heterocycles. The smallest absolute Gasteiger partial charge is 0.176 e. The van der Waals surface area contributed by atoms with Crippen LogP contribution in [0, 0.1) is 6.92 Å². The minimum Gasteiger partial charge on any atom is -0.494 e. The second-order valence-corrected chi connectivity index (χ2v) is 4.77. The Morgan fingerprint density at radius 1 is 1.53 bits per heavy atom. The van der Waals surface area contributed by atoms with Crippen molar-refractivity contribution in [1.29, 1.82) is 0 Å². The number of halogens is 1. The van der Waals surface area contributed by atoms with Crippen molar-refractivity contribution in [3.63, 3.8) is 0 Å². The SMILES string of the molecule is CCOc1ccc(C(=O)C(C)Br)cc1C. The summed E-state index contributed by atoms with van der Waals surface area (Å²) in [5.74, 6) is 0.942. The maximum absolute atomic E-state index is 11.7. The number of aryl methyl sites for hydroxylation is 1. The highest BCUT2D eigenvalue weighted by atomic mass is 79.9. The quantitative estimate of drug-likeness (QED) is 0.620. The molecule has 0 aliphatic heterocycles. The van der Waals surface area contributed by atoms with E-state index in [0.717, 1.165) is 16.9 Å². The van der Waals surface area contributed by atoms with Crippen molar-refractivity contribution in [2.75, 3.05) is 6.61 Å². The fourth-order valence-corrected chi connectivity index (χ4v) is 1.61. The first-order valence-corrected chi connectivity index (χ1v) is 5.89. The van der Waals surface area contributed by atoms with Gasteiger partial charge in [-0.2, -0.15) is 0 Å². The number of ether oxygens (including phenoxy) is 1. The Kier molecular flexibility index (Phi) is 4.33. The molecule has 2 nitrogen and oxygen atoms in total. The van der Waals surface area contributed by atoms with Gasteiger partial charge in [0.1, 0.15) is 5.75 Å². The Morgan fingerprint density at radius 3 is 2.67 bits per heavy atom. The summed E-state index contributed by atoms with van der Waals surface area (Å²) in [5, 5.41) is 0. The number of Topliss-reactive ketones (excluding diaryl/α,β-unsaturated/α-hetero) is 1. The summed E-state index contributed by atoms with van der Waals surface area (Å²) in [5.41, 5.74) is 1.72. The van der Waals surface area contributed by atoms with Gasteiger partial charge in [0.25, 0.3) is 0 Å². The van der Waals surface area contributed by atoms with Crippen LogP contribution in [0.25, 0.3) is 0 Å². The highest BCUT2D eigenvalue weighted by Gasteiger charge is 2.12. The summed E-state index contributed by atoms with van der Waals surface area (Å²) in [6.07, 6.45) is 0. The van der Waals surface area contributed by atoms with E-state index in [4.69, 9.17) is 4.74 Å². The minimum absolute atomic E-state index is 0.0983. The lowest BCUT2D eigenvalue weighted by Gasteiger charge is -2.09. The molecule has 1 atom stereocenters. The number of hydrogen-bond acceptors (Lipinski definition) is 2. The number of alkyl halides is 1. The third kappa shape index (κ3) is 3.06. The van der Waals surface area contributed by atoms with E-state index in [1.165, 1.54) is 0 Å². The summed E-state index contributed by atoms with van der Waals surface area (Å²) in [6.45, 7) is 6.36. The Labute approximate surface area is 98.8 Å². The van der Waals surface area contributed by atoms with E-state index in [1.807, 2.05) is 32.9 Å². The maximum Gasteiger partial charge on any atom is 0.176 e. The van der Waals surface area contributed by atoms with Gasteiger partial charge in [0.2, 0.25) is 0 Å².